The van der Waals surface area contributed by atoms with Crippen molar-refractivity contribution in [1.29, 1.82) is 0 Å². The van der Waals surface area contributed by atoms with Gasteiger partial charge in [0.1, 0.15) is 17.7 Å². The lowest BCUT2D eigenvalue weighted by molar-refractivity contribution is -0.188. The molecule has 3 N–H and O–H groups in total. The van der Waals surface area contributed by atoms with Gasteiger partial charge in [-0.25, -0.2) is 15.0 Å². The number of rotatable bonds is 13. The van der Waals surface area contributed by atoms with Crippen molar-refractivity contribution < 1.29 is 24.5 Å². The normalized spacial score (nSPS) is 19.9. The van der Waals surface area contributed by atoms with E-state index in [1.165, 1.54) is 7.11 Å². The second-order valence-corrected chi connectivity index (χ2v) is 17.6. The molecule has 4 atom stereocenters. The van der Waals surface area contributed by atoms with Crippen molar-refractivity contribution in [3.63, 3.8) is 0 Å². The third-order valence-corrected chi connectivity index (χ3v) is 13.3. The van der Waals surface area contributed by atoms with E-state index in [9.17, 15) is 14.7 Å². The first-order valence-corrected chi connectivity index (χ1v) is 22.4. The van der Waals surface area contributed by atoms with Crippen LogP contribution < -0.4 is 0 Å². The summed E-state index contributed by atoms with van der Waals surface area (Å²) in [7, 11) is 1.37. The Bertz CT molecular complexity index is 2570. The minimum absolute atomic E-state index is 0.0868. The quantitative estimate of drug-likeness (QED) is 0.0450. The highest BCUT2D eigenvalue weighted by Gasteiger charge is 2.41. The Morgan fingerprint density at radius 3 is 1.81 bits per heavy atom. The number of hydrogen-bond acceptors (Lipinski definition) is 9. The Labute approximate surface area is 378 Å². The van der Waals surface area contributed by atoms with Crippen molar-refractivity contribution in [3.8, 4) is 33.6 Å². The molecule has 330 valence electrons. The first-order valence-electron chi connectivity index (χ1n) is 22.1. The molecule has 3 saturated heterocycles. The van der Waals surface area contributed by atoms with Crippen LogP contribution in [0.4, 0.5) is 0 Å². The van der Waals surface area contributed by atoms with Crippen LogP contribution in [0.5, 0.6) is 0 Å². The molecule has 4 aromatic carbocycles. The van der Waals surface area contributed by atoms with Gasteiger partial charge in [-0.2, -0.15) is 4.89 Å². The second kappa shape index (κ2) is 18.9. The number of aromatic nitrogens is 4. The molecule has 6 aromatic rings. The lowest BCUT2D eigenvalue weighted by Crippen LogP contribution is -2.49. The first kappa shape index (κ1) is 43.1. The fourth-order valence-electron chi connectivity index (χ4n) is 9.45. The zero-order valence-corrected chi connectivity index (χ0v) is 36.8. The van der Waals surface area contributed by atoms with E-state index in [2.05, 4.69) is 73.3 Å². The molecule has 3 aliphatic heterocycles. The predicted molar refractivity (Wildman–Crippen MR) is 246 cm³/mol. The fourth-order valence-corrected chi connectivity index (χ4v) is 9.68. The molecule has 0 saturated carbocycles. The number of nitrogens with one attached hydrogen (secondary N) is 2. The van der Waals surface area contributed by atoms with Gasteiger partial charge in [0.15, 0.2) is 6.04 Å². The predicted octanol–water partition coefficient (Wildman–Crippen LogP) is 9.05. The van der Waals surface area contributed by atoms with Crippen LogP contribution in [0.3, 0.4) is 0 Å². The van der Waals surface area contributed by atoms with Gasteiger partial charge in [0.05, 0.1) is 48.6 Å². The zero-order chi connectivity index (χ0) is 44.2. The van der Waals surface area contributed by atoms with Crippen LogP contribution in [0.25, 0.3) is 33.6 Å². The maximum Gasteiger partial charge on any atom is 0.252 e. The number of aliphatic imine (C=N–C) groups is 1. The van der Waals surface area contributed by atoms with E-state index in [4.69, 9.17) is 26.5 Å². The highest BCUT2D eigenvalue weighted by atomic mass is 35.5. The molecule has 2 amide bonds. The number of imidazole rings is 2. The van der Waals surface area contributed by atoms with Crippen molar-refractivity contribution in [3.05, 3.63) is 143 Å². The van der Waals surface area contributed by atoms with E-state index < -0.39 is 17.7 Å². The molecular formula is C50H53ClN8O5. The summed E-state index contributed by atoms with van der Waals surface area (Å²) in [4.78, 5) is 65.1. The molecule has 0 bridgehead atoms. The summed E-state index contributed by atoms with van der Waals surface area (Å²) in [5, 5.41) is 11.1. The molecule has 0 aliphatic carbocycles. The van der Waals surface area contributed by atoms with Crippen LogP contribution in [0.1, 0.15) is 92.4 Å². The van der Waals surface area contributed by atoms with E-state index in [1.54, 1.807) is 12.1 Å². The summed E-state index contributed by atoms with van der Waals surface area (Å²) in [5.74, 6) is 1.41. The summed E-state index contributed by atoms with van der Waals surface area (Å²) in [6, 6.07) is 32.3. The second-order valence-electron chi connectivity index (χ2n) is 17.2. The molecule has 3 fully saturated rings. The third-order valence-electron chi connectivity index (χ3n) is 13.0. The van der Waals surface area contributed by atoms with E-state index in [0.717, 1.165) is 82.9 Å². The maximum absolute atomic E-state index is 14.5. The summed E-state index contributed by atoms with van der Waals surface area (Å²) in [6.07, 6.45) is 9.42. The number of nitrogens with zero attached hydrogens (tertiary/aromatic N) is 6. The molecule has 0 radical (unpaired) electrons. The molecule has 14 heteroatoms. The van der Waals surface area contributed by atoms with Gasteiger partial charge in [0.2, 0.25) is 12.3 Å². The van der Waals surface area contributed by atoms with Gasteiger partial charge < -0.3 is 29.8 Å². The Balaban J connectivity index is 0.860. The number of piperidine rings is 1. The number of amides is 2. The van der Waals surface area contributed by atoms with Crippen LogP contribution in [0, 0.1) is 0 Å². The lowest BCUT2D eigenvalue weighted by atomic mass is 9.91. The summed E-state index contributed by atoms with van der Waals surface area (Å²) in [5.41, 5.74) is 6.76. The molecular weight excluding hydrogens is 828 g/mol. The Hall–Kier alpha value is -6.12. The molecule has 64 heavy (non-hydrogen) atoms. The summed E-state index contributed by atoms with van der Waals surface area (Å²) >= 11 is 6.51. The van der Waals surface area contributed by atoms with Gasteiger partial charge in [0.25, 0.3) is 5.91 Å². The van der Waals surface area contributed by atoms with Crippen molar-refractivity contribution in [2.45, 2.75) is 75.2 Å². The smallest absolute Gasteiger partial charge is 0.252 e. The van der Waals surface area contributed by atoms with Crippen LogP contribution in [0.15, 0.2) is 121 Å². The van der Waals surface area contributed by atoms with E-state index in [-0.39, 0.29) is 23.9 Å². The maximum atomic E-state index is 14.5. The van der Waals surface area contributed by atoms with Crippen LogP contribution in [-0.4, -0.2) is 96.8 Å². The SMILES string of the molecule is COOC=N[C@@H](C(=O)N1CCC[C@H]1c1ncc(-c2ccc(-c3ccc(-c4cnc([C@@H]5CCCN5C(=O)[C@@H](c5ccccc5)N5CCC(C)(O)CC5)[nH]4)cc3)cc2)[nH]1)c1ccccc1Cl. The standard InChI is InChI=1S/C50H53ClN8O5/c1-50(62)24-28-57(29-25-50)45(37-10-4-3-5-11-37)49(61)59-27-9-15-43(59)47-53-31-41(56-47)36-22-18-34(19-23-36)33-16-20-35(21-17-33)40-30-52-46(55-40)42-14-8-26-58(42)48(60)44(54-32-64-63-2)38-12-6-7-13-39(38)51/h3-7,10-13,16-23,30-32,42-45,62H,8-9,14-15,24-29H2,1-2H3,(H,52,55)(H,53,56)/t42-,43-,44+,45+/m0/s1. The molecule has 9 rings (SSSR count). The Kier molecular flexibility index (Phi) is 12.8. The van der Waals surface area contributed by atoms with E-state index in [0.29, 0.717) is 49.6 Å². The van der Waals surface area contributed by atoms with Crippen molar-refractivity contribution in [2.24, 2.45) is 4.99 Å². The molecule has 13 nitrogen and oxygen atoms in total. The monoisotopic (exact) mass is 880 g/mol. The summed E-state index contributed by atoms with van der Waals surface area (Å²) < 4.78 is 0. The third kappa shape index (κ3) is 9.12. The molecule has 2 aromatic heterocycles. The van der Waals surface area contributed by atoms with Crippen LogP contribution >= 0.6 is 11.6 Å². The van der Waals surface area contributed by atoms with Gasteiger partial charge in [0, 0.05) is 36.8 Å². The number of benzene rings is 4. The molecule has 5 heterocycles. The number of halogens is 1. The average molecular weight is 881 g/mol. The van der Waals surface area contributed by atoms with Crippen molar-refractivity contribution in [2.75, 3.05) is 33.3 Å². The largest absolute Gasteiger partial charge is 0.390 e. The van der Waals surface area contributed by atoms with E-state index >= 15 is 0 Å². The van der Waals surface area contributed by atoms with Gasteiger partial charge in [-0.1, -0.05) is 109 Å². The highest BCUT2D eigenvalue weighted by Crippen LogP contribution is 2.39. The zero-order valence-electron chi connectivity index (χ0n) is 36.1. The van der Waals surface area contributed by atoms with Crippen LogP contribution in [0.2, 0.25) is 5.02 Å². The number of hydrogen-bond donors (Lipinski definition) is 3. The number of carbonyl (C=O) groups is 2. The highest BCUT2D eigenvalue weighted by molar-refractivity contribution is 6.31. The lowest BCUT2D eigenvalue weighted by Gasteiger charge is -2.41. The van der Waals surface area contributed by atoms with Gasteiger partial charge in [-0.05, 0) is 79.3 Å². The molecule has 3 aliphatic rings. The Morgan fingerprint density at radius 1 is 0.750 bits per heavy atom. The molecule has 0 spiro atoms. The topological polar surface area (TPSA) is 152 Å². The molecule has 0 unspecified atom stereocenters. The fraction of sp³-hybridized carbons (Fsp3) is 0.340. The first-order chi connectivity index (χ1) is 31.2. The summed E-state index contributed by atoms with van der Waals surface area (Å²) in [6.45, 7) is 4.45. The number of aromatic amines is 2. The Morgan fingerprint density at radius 2 is 1.27 bits per heavy atom. The van der Waals surface area contributed by atoms with Crippen molar-refractivity contribution >= 4 is 29.8 Å². The number of likely N-dealkylation sites (tertiary alicyclic amines) is 3. The minimum Gasteiger partial charge on any atom is -0.390 e. The van der Waals surface area contributed by atoms with Gasteiger partial charge in [-0.3, -0.25) is 14.5 Å². The van der Waals surface area contributed by atoms with E-state index in [1.807, 2.05) is 71.6 Å². The minimum atomic E-state index is -0.900. The average Bonchev–Trinajstić information content (AvgIpc) is 4.17. The van der Waals surface area contributed by atoms with Gasteiger partial charge >= 0.3 is 0 Å². The number of H-pyrrole nitrogens is 2. The number of aliphatic hydroxyl groups is 1. The van der Waals surface area contributed by atoms with Crippen molar-refractivity contribution in [1.82, 2.24) is 34.6 Å². The van der Waals surface area contributed by atoms with Gasteiger partial charge in [-0.15, -0.1) is 0 Å². The number of carbonyl (C=O) groups excluding carboxylic acids is 2. The van der Waals surface area contributed by atoms with Crippen LogP contribution in [-0.2, 0) is 19.4 Å².